The zero-order chi connectivity index (χ0) is 20.1. The molecule has 3 saturated carbocycles. The molecule has 4 aliphatic rings. The van der Waals surface area contributed by atoms with E-state index in [1.54, 1.807) is 0 Å². The van der Waals surface area contributed by atoms with Crippen molar-refractivity contribution < 1.29 is 14.3 Å². The van der Waals surface area contributed by atoms with E-state index in [4.69, 9.17) is 4.74 Å². The Balaban J connectivity index is 1.49. The fourth-order valence-corrected chi connectivity index (χ4v) is 7.33. The van der Waals surface area contributed by atoms with Crippen molar-refractivity contribution in [1.82, 2.24) is 0 Å². The molecule has 0 bridgehead atoms. The summed E-state index contributed by atoms with van der Waals surface area (Å²) in [7, 11) is 0. The number of allylic oxidation sites excluding steroid dienone is 1. The molecular weight excluding hydrogens is 348 g/mol. The minimum Gasteiger partial charge on any atom is -0.462 e. The summed E-state index contributed by atoms with van der Waals surface area (Å²) < 4.78 is 6.06. The number of ketones is 1. The summed E-state index contributed by atoms with van der Waals surface area (Å²) in [4.78, 5) is 24.4. The molecule has 3 fully saturated rings. The first-order chi connectivity index (χ1) is 13.2. The summed E-state index contributed by atoms with van der Waals surface area (Å²) in [6.45, 7) is 9.15. The molecule has 156 valence electrons. The third-order valence-corrected chi connectivity index (χ3v) is 9.07. The monoisotopic (exact) mass is 386 g/mol. The van der Waals surface area contributed by atoms with Gasteiger partial charge in [-0.25, -0.2) is 0 Å². The van der Waals surface area contributed by atoms with Gasteiger partial charge in [-0.1, -0.05) is 33.3 Å². The van der Waals surface area contributed by atoms with Gasteiger partial charge in [-0.2, -0.15) is 0 Å². The third-order valence-electron chi connectivity index (χ3n) is 9.07. The van der Waals surface area contributed by atoms with Crippen molar-refractivity contribution in [2.24, 2.45) is 34.5 Å². The van der Waals surface area contributed by atoms with Gasteiger partial charge in [0.15, 0.2) is 5.78 Å². The van der Waals surface area contributed by atoms with Gasteiger partial charge in [0, 0.05) is 18.3 Å². The standard InChI is InChI=1S/C25H38O3/c1-16(2)5-10-23(27)28-22-9-8-20-19-7-6-17-15-18(26)11-13-24(17,3)21(19)12-14-25(20,22)4/h15-16,19-22H,5-14H2,1-4H3/t19-,20+,21-,22-,24+,25+/m1/s1. The Morgan fingerprint density at radius 2 is 1.89 bits per heavy atom. The maximum Gasteiger partial charge on any atom is 0.306 e. The Labute approximate surface area is 170 Å². The minimum atomic E-state index is 0.00863. The van der Waals surface area contributed by atoms with Gasteiger partial charge in [-0.05, 0) is 86.5 Å². The van der Waals surface area contributed by atoms with Gasteiger partial charge in [0.1, 0.15) is 6.10 Å². The van der Waals surface area contributed by atoms with Crippen LogP contribution < -0.4 is 0 Å². The predicted octanol–water partition coefficient (Wildman–Crippen LogP) is 5.87. The van der Waals surface area contributed by atoms with E-state index < -0.39 is 0 Å². The lowest BCUT2D eigenvalue weighted by atomic mass is 9.47. The predicted molar refractivity (Wildman–Crippen MR) is 111 cm³/mol. The van der Waals surface area contributed by atoms with E-state index in [9.17, 15) is 9.59 Å². The summed E-state index contributed by atoms with van der Waals surface area (Å²) >= 11 is 0. The lowest BCUT2D eigenvalue weighted by Gasteiger charge is -2.57. The molecule has 0 aliphatic heterocycles. The Morgan fingerprint density at radius 1 is 1.11 bits per heavy atom. The second kappa shape index (κ2) is 7.29. The van der Waals surface area contributed by atoms with E-state index in [0.717, 1.165) is 44.4 Å². The number of rotatable bonds is 4. The van der Waals surface area contributed by atoms with Crippen LogP contribution in [-0.2, 0) is 14.3 Å². The van der Waals surface area contributed by atoms with Crippen molar-refractivity contribution in [2.75, 3.05) is 0 Å². The first-order valence-electron chi connectivity index (χ1n) is 11.7. The number of fused-ring (bicyclic) bond motifs is 5. The molecule has 0 aromatic carbocycles. The Morgan fingerprint density at radius 3 is 2.64 bits per heavy atom. The van der Waals surface area contributed by atoms with Crippen LogP contribution in [0.4, 0.5) is 0 Å². The van der Waals surface area contributed by atoms with Crippen LogP contribution >= 0.6 is 0 Å². The lowest BCUT2D eigenvalue weighted by Crippen LogP contribution is -2.51. The first-order valence-corrected chi connectivity index (χ1v) is 11.7. The highest BCUT2D eigenvalue weighted by molar-refractivity contribution is 5.91. The number of ether oxygens (including phenoxy) is 1. The second-order valence-electron chi connectivity index (χ2n) is 11.0. The van der Waals surface area contributed by atoms with E-state index in [-0.39, 0.29) is 22.9 Å². The zero-order valence-corrected chi connectivity index (χ0v) is 18.3. The molecule has 3 nitrogen and oxygen atoms in total. The number of hydrogen-bond acceptors (Lipinski definition) is 3. The summed E-state index contributed by atoms with van der Waals surface area (Å²) in [6, 6.07) is 0. The topological polar surface area (TPSA) is 43.4 Å². The average Bonchev–Trinajstić information content (AvgIpc) is 2.97. The molecule has 0 saturated heterocycles. The quantitative estimate of drug-likeness (QED) is 0.568. The summed E-state index contributed by atoms with van der Waals surface area (Å²) in [5.74, 6) is 2.99. The maximum atomic E-state index is 12.4. The van der Waals surface area contributed by atoms with Crippen molar-refractivity contribution in [3.8, 4) is 0 Å². The number of carbonyl (C=O) groups excluding carboxylic acids is 2. The molecule has 0 N–H and O–H groups in total. The molecule has 4 rings (SSSR count). The van der Waals surface area contributed by atoms with Gasteiger partial charge in [-0.15, -0.1) is 0 Å². The Kier molecular flexibility index (Phi) is 5.25. The molecule has 6 atom stereocenters. The van der Waals surface area contributed by atoms with E-state index >= 15 is 0 Å². The lowest BCUT2D eigenvalue weighted by molar-refractivity contribution is -0.160. The van der Waals surface area contributed by atoms with Crippen LogP contribution in [0.15, 0.2) is 11.6 Å². The van der Waals surface area contributed by atoms with Crippen LogP contribution in [0, 0.1) is 34.5 Å². The molecule has 4 aliphatic carbocycles. The van der Waals surface area contributed by atoms with Crippen LogP contribution in [0.5, 0.6) is 0 Å². The molecular formula is C25H38O3. The molecule has 0 amide bonds. The van der Waals surface area contributed by atoms with Crippen LogP contribution in [0.2, 0.25) is 0 Å². The van der Waals surface area contributed by atoms with Crippen molar-refractivity contribution >= 4 is 11.8 Å². The minimum absolute atomic E-state index is 0.00863. The SMILES string of the molecule is CC(C)CCC(=O)O[C@@H]1CC[C@H]2[C@H]3CCC4=CC(=O)CC[C@]4(C)[C@@H]3CC[C@]12C. The fourth-order valence-electron chi connectivity index (χ4n) is 7.33. The fraction of sp³-hybridized carbons (Fsp3) is 0.840. The second-order valence-corrected chi connectivity index (χ2v) is 11.0. The van der Waals surface area contributed by atoms with Crippen LogP contribution in [-0.4, -0.2) is 17.9 Å². The molecule has 0 spiro atoms. The summed E-state index contributed by atoms with van der Waals surface area (Å²) in [5.41, 5.74) is 1.81. The van der Waals surface area contributed by atoms with Gasteiger partial charge in [0.25, 0.3) is 0 Å². The van der Waals surface area contributed by atoms with Gasteiger partial charge in [0.05, 0.1) is 0 Å². The van der Waals surface area contributed by atoms with Crippen molar-refractivity contribution in [3.05, 3.63) is 11.6 Å². The largest absolute Gasteiger partial charge is 0.462 e. The van der Waals surface area contributed by atoms with E-state index in [1.807, 2.05) is 6.08 Å². The van der Waals surface area contributed by atoms with E-state index in [2.05, 4.69) is 27.7 Å². The highest BCUT2D eigenvalue weighted by Gasteiger charge is 2.59. The highest BCUT2D eigenvalue weighted by atomic mass is 16.5. The Hall–Kier alpha value is -1.12. The number of carbonyl (C=O) groups is 2. The first kappa shape index (κ1) is 20.2. The third kappa shape index (κ3) is 3.27. The van der Waals surface area contributed by atoms with Gasteiger partial charge in [-0.3, -0.25) is 9.59 Å². The van der Waals surface area contributed by atoms with Crippen molar-refractivity contribution in [1.29, 1.82) is 0 Å². The van der Waals surface area contributed by atoms with Gasteiger partial charge >= 0.3 is 5.97 Å². The van der Waals surface area contributed by atoms with E-state index in [1.165, 1.54) is 24.8 Å². The molecule has 0 unspecified atom stereocenters. The van der Waals surface area contributed by atoms with Crippen molar-refractivity contribution in [3.63, 3.8) is 0 Å². The van der Waals surface area contributed by atoms with Gasteiger partial charge in [0.2, 0.25) is 0 Å². The Bertz CT molecular complexity index is 677. The van der Waals surface area contributed by atoms with Crippen LogP contribution in [0.25, 0.3) is 0 Å². The zero-order valence-electron chi connectivity index (χ0n) is 18.3. The number of hydrogen-bond donors (Lipinski definition) is 0. The van der Waals surface area contributed by atoms with Crippen LogP contribution in [0.3, 0.4) is 0 Å². The molecule has 0 aromatic rings. The highest BCUT2D eigenvalue weighted by Crippen LogP contribution is 2.65. The average molecular weight is 387 g/mol. The molecule has 0 aromatic heterocycles. The van der Waals surface area contributed by atoms with Crippen LogP contribution in [0.1, 0.15) is 91.9 Å². The molecule has 28 heavy (non-hydrogen) atoms. The smallest absolute Gasteiger partial charge is 0.306 e. The maximum absolute atomic E-state index is 12.4. The molecule has 0 heterocycles. The van der Waals surface area contributed by atoms with E-state index in [0.29, 0.717) is 30.0 Å². The molecule has 0 radical (unpaired) electrons. The summed E-state index contributed by atoms with van der Waals surface area (Å²) in [6.07, 6.45) is 12.3. The number of esters is 1. The normalized spacial score (nSPS) is 42.5. The molecule has 3 heteroatoms. The summed E-state index contributed by atoms with van der Waals surface area (Å²) in [5, 5.41) is 0. The van der Waals surface area contributed by atoms with Crippen molar-refractivity contribution in [2.45, 2.75) is 98.0 Å². The van der Waals surface area contributed by atoms with Gasteiger partial charge < -0.3 is 4.74 Å².